The first-order valence-electron chi connectivity index (χ1n) is 10.6. The minimum absolute atomic E-state index is 0.0278. The van der Waals surface area contributed by atoms with E-state index in [1.54, 1.807) is 19.3 Å². The summed E-state index contributed by atoms with van der Waals surface area (Å²) in [7, 11) is -3.48. The molecule has 2 aromatic rings. The minimum atomic E-state index is -3.48. The van der Waals surface area contributed by atoms with Gasteiger partial charge in [-0.3, -0.25) is 4.79 Å². The number of nitrogens with zero attached hydrogens (tertiary/aromatic N) is 5. The molecule has 0 unspecified atom stereocenters. The third kappa shape index (κ3) is 6.48. The predicted octanol–water partition coefficient (Wildman–Crippen LogP) is 2.13. The van der Waals surface area contributed by atoms with Crippen LogP contribution in [-0.2, 0) is 27.1 Å². The molecule has 9 heteroatoms. The van der Waals surface area contributed by atoms with Gasteiger partial charge in [-0.05, 0) is 11.5 Å². The van der Waals surface area contributed by atoms with Gasteiger partial charge in [-0.25, -0.2) is 18.4 Å². The molecule has 0 radical (unpaired) electrons. The third-order valence-corrected chi connectivity index (χ3v) is 6.98. The highest BCUT2D eigenvalue weighted by Crippen LogP contribution is 2.17. The van der Waals surface area contributed by atoms with Crippen molar-refractivity contribution in [3.8, 4) is 0 Å². The maximum absolute atomic E-state index is 13.1. The van der Waals surface area contributed by atoms with Crippen molar-refractivity contribution in [2.45, 2.75) is 33.1 Å². The first-order valence-corrected chi connectivity index (χ1v) is 12.2. The van der Waals surface area contributed by atoms with Crippen LogP contribution in [0, 0.1) is 5.92 Å². The van der Waals surface area contributed by atoms with Crippen molar-refractivity contribution in [1.29, 1.82) is 0 Å². The second kappa shape index (κ2) is 10.2. The number of carbonyl (C=O) groups is 1. The Labute approximate surface area is 185 Å². The van der Waals surface area contributed by atoms with E-state index in [0.717, 1.165) is 11.1 Å². The van der Waals surface area contributed by atoms with Crippen LogP contribution in [0.2, 0.25) is 0 Å². The lowest BCUT2D eigenvalue weighted by Crippen LogP contribution is -2.48. The van der Waals surface area contributed by atoms with E-state index in [-0.39, 0.29) is 24.1 Å². The Kier molecular flexibility index (Phi) is 7.61. The number of benzene rings is 1. The van der Waals surface area contributed by atoms with Crippen LogP contribution >= 0.6 is 0 Å². The molecule has 0 N–H and O–H groups in total. The van der Waals surface area contributed by atoms with Gasteiger partial charge in [0.05, 0.1) is 5.75 Å². The molecule has 8 nitrogen and oxygen atoms in total. The fourth-order valence-electron chi connectivity index (χ4n) is 3.58. The first-order chi connectivity index (χ1) is 14.7. The molecule has 0 aliphatic carbocycles. The predicted molar refractivity (Wildman–Crippen MR) is 121 cm³/mol. The molecule has 1 saturated heterocycles. The summed E-state index contributed by atoms with van der Waals surface area (Å²) in [5, 5.41) is 0. The molecule has 3 rings (SSSR count). The number of hydrogen-bond acceptors (Lipinski definition) is 6. The first kappa shape index (κ1) is 23.1. The Bertz CT molecular complexity index is 956. The SMILES string of the molecule is CC(=O)N1CCN(c2ncc(CN(CC(C)C)S(=O)(=O)Cc3ccccc3)cn2)CC1. The quantitative estimate of drug-likeness (QED) is 0.619. The van der Waals surface area contributed by atoms with Gasteiger partial charge in [-0.15, -0.1) is 0 Å². The molecule has 0 bridgehead atoms. The van der Waals surface area contributed by atoms with Crippen molar-refractivity contribution in [1.82, 2.24) is 19.2 Å². The number of rotatable bonds is 8. The van der Waals surface area contributed by atoms with Gasteiger partial charge in [0, 0.05) is 64.1 Å². The Balaban J connectivity index is 1.68. The molecule has 1 aliphatic rings. The van der Waals surface area contributed by atoms with Gasteiger partial charge < -0.3 is 9.80 Å². The molecule has 0 spiro atoms. The lowest BCUT2D eigenvalue weighted by atomic mass is 10.2. The van der Waals surface area contributed by atoms with Gasteiger partial charge in [0.2, 0.25) is 21.9 Å². The summed E-state index contributed by atoms with van der Waals surface area (Å²) in [5.74, 6) is 0.857. The fraction of sp³-hybridized carbons (Fsp3) is 0.500. The molecule has 0 saturated carbocycles. The van der Waals surface area contributed by atoms with Crippen LogP contribution < -0.4 is 4.90 Å². The van der Waals surface area contributed by atoms with Crippen LogP contribution in [-0.4, -0.2) is 66.2 Å². The van der Waals surface area contributed by atoms with Crippen LogP contribution in [0.3, 0.4) is 0 Å². The summed E-state index contributed by atoms with van der Waals surface area (Å²) in [6.45, 7) is 8.94. The zero-order chi connectivity index (χ0) is 22.4. The topological polar surface area (TPSA) is 86.7 Å². The van der Waals surface area contributed by atoms with Crippen LogP contribution in [0.15, 0.2) is 42.7 Å². The highest BCUT2D eigenvalue weighted by molar-refractivity contribution is 7.88. The number of aromatic nitrogens is 2. The van der Waals surface area contributed by atoms with Crippen LogP contribution in [0.5, 0.6) is 0 Å². The van der Waals surface area contributed by atoms with E-state index in [2.05, 4.69) is 9.97 Å². The lowest BCUT2D eigenvalue weighted by molar-refractivity contribution is -0.129. The maximum atomic E-state index is 13.1. The number of carbonyl (C=O) groups excluding carboxylic acids is 1. The van der Waals surface area contributed by atoms with Crippen molar-refractivity contribution in [2.24, 2.45) is 5.92 Å². The molecule has 1 aliphatic heterocycles. The summed E-state index contributed by atoms with van der Waals surface area (Å²) >= 11 is 0. The van der Waals surface area contributed by atoms with Crippen LogP contribution in [0.4, 0.5) is 5.95 Å². The Morgan fingerprint density at radius 2 is 1.65 bits per heavy atom. The van der Waals surface area contributed by atoms with Gasteiger partial charge in [0.25, 0.3) is 0 Å². The van der Waals surface area contributed by atoms with E-state index in [4.69, 9.17) is 0 Å². The third-order valence-electron chi connectivity index (χ3n) is 5.21. The molecule has 1 aromatic heterocycles. The standard InChI is InChI=1S/C22H31N5O3S/c1-18(2)15-27(31(29,30)17-20-7-5-4-6-8-20)16-21-13-23-22(24-14-21)26-11-9-25(10-12-26)19(3)28/h4-8,13-14,18H,9-12,15-17H2,1-3H3. The van der Waals surface area contributed by atoms with Gasteiger partial charge in [-0.1, -0.05) is 44.2 Å². The summed E-state index contributed by atoms with van der Waals surface area (Å²) in [4.78, 5) is 24.3. The smallest absolute Gasteiger partial charge is 0.225 e. The summed E-state index contributed by atoms with van der Waals surface area (Å²) in [6.07, 6.45) is 3.40. The van der Waals surface area contributed by atoms with Gasteiger partial charge in [0.1, 0.15) is 0 Å². The fourth-order valence-corrected chi connectivity index (χ4v) is 5.25. The Hall–Kier alpha value is -2.52. The lowest BCUT2D eigenvalue weighted by Gasteiger charge is -2.34. The van der Waals surface area contributed by atoms with Gasteiger partial charge in [-0.2, -0.15) is 4.31 Å². The molecule has 168 valence electrons. The molecule has 1 aromatic carbocycles. The highest BCUT2D eigenvalue weighted by atomic mass is 32.2. The maximum Gasteiger partial charge on any atom is 0.225 e. The van der Waals surface area contributed by atoms with E-state index in [1.165, 1.54) is 4.31 Å². The van der Waals surface area contributed by atoms with E-state index >= 15 is 0 Å². The number of amides is 1. The average molecular weight is 446 g/mol. The summed E-state index contributed by atoms with van der Waals surface area (Å²) in [6, 6.07) is 9.23. The highest BCUT2D eigenvalue weighted by Gasteiger charge is 2.25. The zero-order valence-electron chi connectivity index (χ0n) is 18.4. The second-order valence-electron chi connectivity index (χ2n) is 8.31. The van der Waals surface area contributed by atoms with Crippen molar-refractivity contribution in [2.75, 3.05) is 37.6 Å². The van der Waals surface area contributed by atoms with E-state index in [9.17, 15) is 13.2 Å². The molecular weight excluding hydrogens is 414 g/mol. The minimum Gasteiger partial charge on any atom is -0.339 e. The van der Waals surface area contributed by atoms with E-state index in [1.807, 2.05) is 54.0 Å². The van der Waals surface area contributed by atoms with E-state index in [0.29, 0.717) is 38.7 Å². The van der Waals surface area contributed by atoms with Crippen LogP contribution in [0.25, 0.3) is 0 Å². The number of anilines is 1. The summed E-state index contributed by atoms with van der Waals surface area (Å²) in [5.41, 5.74) is 1.52. The van der Waals surface area contributed by atoms with Gasteiger partial charge in [0.15, 0.2) is 0 Å². The second-order valence-corrected chi connectivity index (χ2v) is 10.3. The van der Waals surface area contributed by atoms with Crippen molar-refractivity contribution < 1.29 is 13.2 Å². The molecule has 1 fully saturated rings. The largest absolute Gasteiger partial charge is 0.339 e. The van der Waals surface area contributed by atoms with Crippen molar-refractivity contribution >= 4 is 21.9 Å². The Morgan fingerprint density at radius 3 is 2.19 bits per heavy atom. The summed E-state index contributed by atoms with van der Waals surface area (Å²) < 4.78 is 27.7. The van der Waals surface area contributed by atoms with Crippen molar-refractivity contribution in [3.05, 3.63) is 53.9 Å². The monoisotopic (exact) mass is 445 g/mol. The molecule has 1 amide bonds. The van der Waals surface area contributed by atoms with E-state index < -0.39 is 10.0 Å². The molecule has 2 heterocycles. The zero-order valence-corrected chi connectivity index (χ0v) is 19.3. The number of piperazine rings is 1. The number of hydrogen-bond donors (Lipinski definition) is 0. The molecular formula is C22H31N5O3S. The number of sulfonamides is 1. The van der Waals surface area contributed by atoms with Crippen molar-refractivity contribution in [3.63, 3.8) is 0 Å². The van der Waals surface area contributed by atoms with Crippen LogP contribution in [0.1, 0.15) is 31.9 Å². The molecule has 0 atom stereocenters. The molecule has 31 heavy (non-hydrogen) atoms. The Morgan fingerprint density at radius 1 is 1.03 bits per heavy atom. The normalized spacial score (nSPS) is 15.0. The average Bonchev–Trinajstić information content (AvgIpc) is 2.74. The van der Waals surface area contributed by atoms with Gasteiger partial charge >= 0.3 is 0 Å².